The van der Waals surface area contributed by atoms with Crippen LogP contribution < -0.4 is 0 Å². The third kappa shape index (κ3) is 22.8. The summed E-state index contributed by atoms with van der Waals surface area (Å²) in [6.07, 6.45) is 4.56. The molecule has 72 valence electrons. The van der Waals surface area contributed by atoms with Crippen LogP contribution in [0.3, 0.4) is 0 Å². The molecule has 0 spiro atoms. The molecule has 12 heavy (non-hydrogen) atoms. The Hall–Kier alpha value is -0.760. The van der Waals surface area contributed by atoms with Crippen molar-refractivity contribution in [1.82, 2.24) is 0 Å². The zero-order chi connectivity index (χ0) is 9.98. The third-order valence-corrected chi connectivity index (χ3v) is 0.971. The maximum Gasteiger partial charge on any atom is 0.0754 e. The molecular weight excluding hydrogens is 152 g/mol. The Balaban J connectivity index is 0. The van der Waals surface area contributed by atoms with Gasteiger partial charge in [-0.15, -0.1) is 0 Å². The van der Waals surface area contributed by atoms with Crippen LogP contribution in [0.2, 0.25) is 0 Å². The van der Waals surface area contributed by atoms with Gasteiger partial charge in [0.2, 0.25) is 0 Å². The van der Waals surface area contributed by atoms with E-state index in [9.17, 15) is 0 Å². The molecule has 0 rings (SSSR count). The first kappa shape index (κ1) is 13.8. The van der Waals surface area contributed by atoms with Crippen LogP contribution in [-0.2, 0) is 0 Å². The highest BCUT2D eigenvalue weighted by molar-refractivity contribution is 4.91. The van der Waals surface area contributed by atoms with E-state index in [2.05, 4.69) is 0 Å². The van der Waals surface area contributed by atoms with E-state index in [1.54, 1.807) is 12.2 Å². The van der Waals surface area contributed by atoms with Gasteiger partial charge in [-0.1, -0.05) is 25.5 Å². The highest BCUT2D eigenvalue weighted by Crippen LogP contribution is 1.89. The molecule has 0 aromatic heterocycles. The lowest BCUT2D eigenvalue weighted by atomic mass is 10.2. The van der Waals surface area contributed by atoms with Crippen molar-refractivity contribution < 1.29 is 10.2 Å². The summed E-state index contributed by atoms with van der Waals surface area (Å²) in [6, 6.07) is 0. The fourth-order valence-electron chi connectivity index (χ4n) is 0.355. The monoisotopic (exact) mass is 172 g/mol. The maximum absolute atomic E-state index is 8.16. The quantitative estimate of drug-likeness (QED) is 0.496. The van der Waals surface area contributed by atoms with Crippen molar-refractivity contribution in [2.24, 2.45) is 5.92 Å². The molecule has 0 aromatic carbocycles. The van der Waals surface area contributed by atoms with Gasteiger partial charge in [-0.3, -0.25) is 0 Å². The molecule has 0 aliphatic rings. The molecular formula is C10H20O2. The molecule has 0 unspecified atom stereocenters. The Morgan fingerprint density at radius 1 is 1.33 bits per heavy atom. The average Bonchev–Trinajstić information content (AvgIpc) is 1.87. The van der Waals surface area contributed by atoms with Crippen molar-refractivity contribution in [1.29, 1.82) is 0 Å². The minimum atomic E-state index is 0.169. The molecule has 2 nitrogen and oxygen atoms in total. The zero-order valence-corrected chi connectivity index (χ0v) is 8.41. The van der Waals surface area contributed by atoms with Crippen LogP contribution in [0.1, 0.15) is 27.7 Å². The Labute approximate surface area is 75.2 Å². The summed E-state index contributed by atoms with van der Waals surface area (Å²) in [5.41, 5.74) is 1.16. The van der Waals surface area contributed by atoms with E-state index < -0.39 is 0 Å². The minimum Gasteiger partial charge on any atom is -0.516 e. The number of allylic oxidation sites excluding steroid dienone is 2. The SMILES string of the molecule is CC(C)=CCO.CC(C)C=CO. The van der Waals surface area contributed by atoms with E-state index in [0.717, 1.165) is 11.8 Å². The summed E-state index contributed by atoms with van der Waals surface area (Å²) >= 11 is 0. The minimum absolute atomic E-state index is 0.169. The summed E-state index contributed by atoms with van der Waals surface area (Å²) in [4.78, 5) is 0. The van der Waals surface area contributed by atoms with Gasteiger partial charge >= 0.3 is 0 Å². The molecule has 0 heterocycles. The largest absolute Gasteiger partial charge is 0.516 e. The van der Waals surface area contributed by atoms with Gasteiger partial charge in [-0.2, -0.15) is 0 Å². The summed E-state index contributed by atoms with van der Waals surface area (Å²) in [6.45, 7) is 8.09. The van der Waals surface area contributed by atoms with Crippen molar-refractivity contribution in [3.05, 3.63) is 24.0 Å². The highest BCUT2D eigenvalue weighted by atomic mass is 16.2. The molecule has 0 saturated heterocycles. The van der Waals surface area contributed by atoms with E-state index in [1.807, 2.05) is 27.7 Å². The molecule has 0 aliphatic carbocycles. The normalized spacial score (nSPS) is 9.50. The van der Waals surface area contributed by atoms with Gasteiger partial charge in [0.1, 0.15) is 0 Å². The molecule has 2 heteroatoms. The molecule has 0 aromatic rings. The molecule has 0 fully saturated rings. The number of aliphatic hydroxyl groups is 2. The first-order chi connectivity index (χ1) is 5.54. The van der Waals surface area contributed by atoms with Crippen LogP contribution in [0.25, 0.3) is 0 Å². The number of aliphatic hydroxyl groups excluding tert-OH is 2. The number of hydrogen-bond acceptors (Lipinski definition) is 2. The number of hydrogen-bond donors (Lipinski definition) is 2. The van der Waals surface area contributed by atoms with Gasteiger partial charge in [0, 0.05) is 0 Å². The fourth-order valence-corrected chi connectivity index (χ4v) is 0.355. The number of rotatable bonds is 2. The van der Waals surface area contributed by atoms with Gasteiger partial charge in [-0.05, 0) is 25.8 Å². The smallest absolute Gasteiger partial charge is 0.0754 e. The molecule has 2 N–H and O–H groups in total. The van der Waals surface area contributed by atoms with Gasteiger partial charge in [0.05, 0.1) is 12.9 Å². The Bertz CT molecular complexity index is 131. The third-order valence-electron chi connectivity index (χ3n) is 0.971. The van der Waals surface area contributed by atoms with E-state index >= 15 is 0 Å². The standard InChI is InChI=1S/2C5H10O/c2*1-5(2)3-4-6/h3,6H,4H2,1-2H3;3-6H,1-2H3. The lowest BCUT2D eigenvalue weighted by Crippen LogP contribution is -1.74. The molecule has 0 saturated carbocycles. The fraction of sp³-hybridized carbons (Fsp3) is 0.600. The lowest BCUT2D eigenvalue weighted by Gasteiger charge is -1.86. The first-order valence-electron chi connectivity index (χ1n) is 4.09. The second-order valence-electron chi connectivity index (χ2n) is 3.05. The van der Waals surface area contributed by atoms with Crippen molar-refractivity contribution >= 4 is 0 Å². The van der Waals surface area contributed by atoms with Crippen molar-refractivity contribution in [3.8, 4) is 0 Å². The second-order valence-corrected chi connectivity index (χ2v) is 3.05. The summed E-state index contributed by atoms with van der Waals surface area (Å²) < 4.78 is 0. The zero-order valence-electron chi connectivity index (χ0n) is 8.41. The Morgan fingerprint density at radius 3 is 1.83 bits per heavy atom. The van der Waals surface area contributed by atoms with Gasteiger partial charge in [0.25, 0.3) is 0 Å². The van der Waals surface area contributed by atoms with Crippen LogP contribution in [0.4, 0.5) is 0 Å². The van der Waals surface area contributed by atoms with Crippen molar-refractivity contribution in [2.75, 3.05) is 6.61 Å². The van der Waals surface area contributed by atoms with Crippen LogP contribution in [0.15, 0.2) is 24.0 Å². The van der Waals surface area contributed by atoms with E-state index in [-0.39, 0.29) is 6.61 Å². The first-order valence-corrected chi connectivity index (χ1v) is 4.09. The van der Waals surface area contributed by atoms with Crippen LogP contribution in [0, 0.1) is 5.92 Å². The van der Waals surface area contributed by atoms with Gasteiger partial charge in [0.15, 0.2) is 0 Å². The van der Waals surface area contributed by atoms with Gasteiger partial charge < -0.3 is 10.2 Å². The summed E-state index contributed by atoms with van der Waals surface area (Å²) in [7, 11) is 0. The Kier molecular flexibility index (Phi) is 11.8. The van der Waals surface area contributed by atoms with Gasteiger partial charge in [-0.25, -0.2) is 0 Å². The molecule has 0 atom stereocenters. The lowest BCUT2D eigenvalue weighted by molar-refractivity contribution is 0.342. The van der Waals surface area contributed by atoms with Crippen LogP contribution in [0.5, 0.6) is 0 Å². The molecule has 0 bridgehead atoms. The second kappa shape index (κ2) is 10.2. The molecule has 0 amide bonds. The van der Waals surface area contributed by atoms with E-state index in [0.29, 0.717) is 5.92 Å². The van der Waals surface area contributed by atoms with Crippen molar-refractivity contribution in [2.45, 2.75) is 27.7 Å². The summed E-state index contributed by atoms with van der Waals surface area (Å²) in [5, 5.41) is 16.2. The topological polar surface area (TPSA) is 40.5 Å². The molecule has 0 radical (unpaired) electrons. The van der Waals surface area contributed by atoms with Crippen molar-refractivity contribution in [3.63, 3.8) is 0 Å². The van der Waals surface area contributed by atoms with Crippen LogP contribution >= 0.6 is 0 Å². The van der Waals surface area contributed by atoms with Crippen LogP contribution in [-0.4, -0.2) is 16.8 Å². The molecule has 0 aliphatic heterocycles. The highest BCUT2D eigenvalue weighted by Gasteiger charge is 1.77. The maximum atomic E-state index is 8.16. The average molecular weight is 172 g/mol. The predicted molar refractivity (Wildman–Crippen MR) is 53.1 cm³/mol. The Morgan fingerprint density at radius 2 is 1.83 bits per heavy atom. The van der Waals surface area contributed by atoms with E-state index in [4.69, 9.17) is 10.2 Å². The van der Waals surface area contributed by atoms with E-state index in [1.165, 1.54) is 0 Å². The summed E-state index contributed by atoms with van der Waals surface area (Å²) in [5.74, 6) is 0.468. The predicted octanol–water partition coefficient (Wildman–Crippen LogP) is 2.66.